The zero-order chi connectivity index (χ0) is 15.5. The molecule has 0 fully saturated rings. The van der Waals surface area contributed by atoms with E-state index in [0.29, 0.717) is 18.2 Å². The highest BCUT2D eigenvalue weighted by Crippen LogP contribution is 2.22. The lowest BCUT2D eigenvalue weighted by Gasteiger charge is -2.03. The van der Waals surface area contributed by atoms with E-state index in [-0.39, 0.29) is 5.56 Å². The predicted octanol–water partition coefficient (Wildman–Crippen LogP) is 3.40. The highest BCUT2D eigenvalue weighted by Gasteiger charge is 2.07. The lowest BCUT2D eigenvalue weighted by molar-refractivity contribution is 0.0697. The second-order valence-electron chi connectivity index (χ2n) is 4.71. The van der Waals surface area contributed by atoms with Crippen molar-refractivity contribution in [2.24, 2.45) is 0 Å². The summed E-state index contributed by atoms with van der Waals surface area (Å²) in [4.78, 5) is 18.5. The zero-order valence-electron chi connectivity index (χ0n) is 12.0. The number of H-pyrrole nitrogens is 1. The van der Waals surface area contributed by atoms with Gasteiger partial charge in [-0.05, 0) is 37.3 Å². The Morgan fingerprint density at radius 2 is 2.18 bits per heavy atom. The van der Waals surface area contributed by atoms with Gasteiger partial charge in [0.05, 0.1) is 23.2 Å². The molecule has 0 aliphatic heterocycles. The number of aromatic amines is 1. The third kappa shape index (κ3) is 2.85. The standard InChI is InChI=1S/C16H15N3O3/c1-2-22-12-6-7-13-14(9-12)19-16(18-13)17-11-5-3-4-10(8-11)15(20)21/h3-9H,2H2,1H3,(H,20,21)(H2,17,18,19). The molecular formula is C16H15N3O3. The van der Waals surface area contributed by atoms with Crippen LogP contribution in [0.1, 0.15) is 17.3 Å². The van der Waals surface area contributed by atoms with E-state index in [1.165, 1.54) is 0 Å². The van der Waals surface area contributed by atoms with Crippen LogP contribution in [0.25, 0.3) is 11.0 Å². The van der Waals surface area contributed by atoms with Gasteiger partial charge < -0.3 is 20.1 Å². The first-order valence-electron chi connectivity index (χ1n) is 6.88. The van der Waals surface area contributed by atoms with E-state index in [2.05, 4.69) is 15.3 Å². The van der Waals surface area contributed by atoms with Gasteiger partial charge in [-0.3, -0.25) is 0 Å². The first-order chi connectivity index (χ1) is 10.7. The summed E-state index contributed by atoms with van der Waals surface area (Å²) in [7, 11) is 0. The van der Waals surface area contributed by atoms with Gasteiger partial charge in [-0.25, -0.2) is 9.78 Å². The van der Waals surface area contributed by atoms with Gasteiger partial charge in [-0.15, -0.1) is 0 Å². The fourth-order valence-electron chi connectivity index (χ4n) is 2.17. The fraction of sp³-hybridized carbons (Fsp3) is 0.125. The molecule has 2 aromatic carbocycles. The maximum absolute atomic E-state index is 11.0. The molecule has 0 amide bonds. The molecule has 22 heavy (non-hydrogen) atoms. The molecule has 1 heterocycles. The van der Waals surface area contributed by atoms with Crippen molar-refractivity contribution < 1.29 is 14.6 Å². The number of nitrogens with zero attached hydrogens (tertiary/aromatic N) is 1. The number of aromatic carboxylic acids is 1. The van der Waals surface area contributed by atoms with Crippen LogP contribution < -0.4 is 10.1 Å². The van der Waals surface area contributed by atoms with Gasteiger partial charge in [-0.2, -0.15) is 0 Å². The number of hydrogen-bond acceptors (Lipinski definition) is 4. The molecule has 112 valence electrons. The van der Waals surface area contributed by atoms with Crippen molar-refractivity contribution in [1.82, 2.24) is 9.97 Å². The van der Waals surface area contributed by atoms with Crippen LogP contribution in [0.3, 0.4) is 0 Å². The predicted molar refractivity (Wildman–Crippen MR) is 83.9 cm³/mol. The largest absolute Gasteiger partial charge is 0.494 e. The van der Waals surface area contributed by atoms with Crippen LogP contribution in [0, 0.1) is 0 Å². The van der Waals surface area contributed by atoms with Crippen LogP contribution in [-0.2, 0) is 0 Å². The van der Waals surface area contributed by atoms with Gasteiger partial charge in [-0.1, -0.05) is 6.07 Å². The molecule has 0 aliphatic rings. The first-order valence-corrected chi connectivity index (χ1v) is 6.88. The molecule has 0 aliphatic carbocycles. The van der Waals surface area contributed by atoms with E-state index in [1.807, 2.05) is 25.1 Å². The van der Waals surface area contributed by atoms with E-state index in [4.69, 9.17) is 9.84 Å². The number of aromatic nitrogens is 2. The minimum Gasteiger partial charge on any atom is -0.494 e. The summed E-state index contributed by atoms with van der Waals surface area (Å²) in [5.74, 6) is 0.360. The average molecular weight is 297 g/mol. The number of anilines is 2. The van der Waals surface area contributed by atoms with Crippen LogP contribution in [-0.4, -0.2) is 27.7 Å². The van der Waals surface area contributed by atoms with Gasteiger partial charge in [0.2, 0.25) is 5.95 Å². The second kappa shape index (κ2) is 5.77. The summed E-state index contributed by atoms with van der Waals surface area (Å²) in [6.45, 7) is 2.53. The van der Waals surface area contributed by atoms with Gasteiger partial charge >= 0.3 is 5.97 Å². The van der Waals surface area contributed by atoms with Crippen molar-refractivity contribution in [2.75, 3.05) is 11.9 Å². The maximum Gasteiger partial charge on any atom is 0.335 e. The molecule has 0 radical (unpaired) electrons. The fourth-order valence-corrected chi connectivity index (χ4v) is 2.17. The molecule has 0 bridgehead atoms. The maximum atomic E-state index is 11.0. The van der Waals surface area contributed by atoms with E-state index in [1.54, 1.807) is 24.3 Å². The third-order valence-electron chi connectivity index (χ3n) is 3.14. The number of imidazole rings is 1. The van der Waals surface area contributed by atoms with Gasteiger partial charge in [0.15, 0.2) is 0 Å². The highest BCUT2D eigenvalue weighted by molar-refractivity contribution is 5.89. The number of benzene rings is 2. The Morgan fingerprint density at radius 1 is 1.32 bits per heavy atom. The Kier molecular flexibility index (Phi) is 3.65. The summed E-state index contributed by atoms with van der Waals surface area (Å²) in [6.07, 6.45) is 0. The van der Waals surface area contributed by atoms with Crippen molar-refractivity contribution in [3.05, 3.63) is 48.0 Å². The Morgan fingerprint density at radius 3 is 2.95 bits per heavy atom. The second-order valence-corrected chi connectivity index (χ2v) is 4.71. The topological polar surface area (TPSA) is 87.2 Å². The quantitative estimate of drug-likeness (QED) is 0.672. The molecule has 6 heteroatoms. The van der Waals surface area contributed by atoms with Crippen LogP contribution in [0.5, 0.6) is 5.75 Å². The number of hydrogen-bond donors (Lipinski definition) is 3. The Labute approximate surface area is 126 Å². The zero-order valence-corrected chi connectivity index (χ0v) is 12.0. The molecule has 6 nitrogen and oxygen atoms in total. The van der Waals surface area contributed by atoms with Gasteiger partial charge in [0.25, 0.3) is 0 Å². The molecule has 0 unspecified atom stereocenters. The summed E-state index contributed by atoms with van der Waals surface area (Å²) < 4.78 is 5.45. The molecule has 0 atom stereocenters. The normalized spacial score (nSPS) is 10.6. The molecule has 3 rings (SSSR count). The minimum atomic E-state index is -0.963. The third-order valence-corrected chi connectivity index (χ3v) is 3.14. The number of carboxylic acids is 1. The Balaban J connectivity index is 1.87. The number of ether oxygens (including phenoxy) is 1. The summed E-state index contributed by atoms with van der Waals surface area (Å²) in [5, 5.41) is 12.1. The number of rotatable bonds is 5. The van der Waals surface area contributed by atoms with Gasteiger partial charge in [0.1, 0.15) is 5.75 Å². The monoisotopic (exact) mass is 297 g/mol. The molecule has 3 N–H and O–H groups in total. The number of nitrogens with one attached hydrogen (secondary N) is 2. The smallest absolute Gasteiger partial charge is 0.335 e. The molecular weight excluding hydrogens is 282 g/mol. The molecule has 3 aromatic rings. The SMILES string of the molecule is CCOc1ccc2nc(Nc3cccc(C(=O)O)c3)[nH]c2c1. The van der Waals surface area contributed by atoms with Crippen LogP contribution in [0.4, 0.5) is 11.6 Å². The molecule has 0 spiro atoms. The minimum absolute atomic E-state index is 0.222. The van der Waals surface area contributed by atoms with Crippen molar-refractivity contribution in [1.29, 1.82) is 0 Å². The van der Waals surface area contributed by atoms with Crippen LogP contribution in [0.2, 0.25) is 0 Å². The average Bonchev–Trinajstić information content (AvgIpc) is 2.89. The van der Waals surface area contributed by atoms with Crippen LogP contribution >= 0.6 is 0 Å². The Hall–Kier alpha value is -3.02. The summed E-state index contributed by atoms with van der Waals surface area (Å²) in [5.41, 5.74) is 2.53. The van der Waals surface area contributed by atoms with Crippen molar-refractivity contribution in [3.8, 4) is 5.75 Å². The molecule has 0 saturated carbocycles. The van der Waals surface area contributed by atoms with E-state index < -0.39 is 5.97 Å². The lowest BCUT2D eigenvalue weighted by Crippen LogP contribution is -1.98. The number of fused-ring (bicyclic) bond motifs is 1. The first kappa shape index (κ1) is 13.9. The van der Waals surface area contributed by atoms with Gasteiger partial charge in [0, 0.05) is 11.8 Å². The van der Waals surface area contributed by atoms with Crippen molar-refractivity contribution in [3.63, 3.8) is 0 Å². The lowest BCUT2D eigenvalue weighted by atomic mass is 10.2. The van der Waals surface area contributed by atoms with Crippen LogP contribution in [0.15, 0.2) is 42.5 Å². The van der Waals surface area contributed by atoms with Crippen molar-refractivity contribution in [2.45, 2.75) is 6.92 Å². The van der Waals surface area contributed by atoms with E-state index in [9.17, 15) is 4.79 Å². The molecule has 1 aromatic heterocycles. The van der Waals surface area contributed by atoms with E-state index in [0.717, 1.165) is 16.8 Å². The van der Waals surface area contributed by atoms with Crippen molar-refractivity contribution >= 4 is 28.6 Å². The summed E-state index contributed by atoms with van der Waals surface area (Å²) in [6, 6.07) is 12.2. The van der Waals surface area contributed by atoms with E-state index >= 15 is 0 Å². The number of carboxylic acid groups (broad SMARTS) is 1. The highest BCUT2D eigenvalue weighted by atomic mass is 16.5. The molecule has 0 saturated heterocycles. The Bertz CT molecular complexity index is 826. The number of carbonyl (C=O) groups is 1. The summed E-state index contributed by atoms with van der Waals surface area (Å²) >= 11 is 0.